The Morgan fingerprint density at radius 2 is 1.82 bits per heavy atom. The molecule has 4 nitrogen and oxygen atoms in total. The second-order valence-electron chi connectivity index (χ2n) is 6.21. The molecular formula is C22H17BrN2O2S. The highest BCUT2D eigenvalue weighted by atomic mass is 79.9. The monoisotopic (exact) mass is 452 g/mol. The van der Waals surface area contributed by atoms with Crippen molar-refractivity contribution in [1.29, 1.82) is 0 Å². The number of anilines is 1. The molecule has 0 aliphatic heterocycles. The number of nitrogens with zero attached hydrogens (tertiary/aromatic N) is 2. The molecule has 0 aliphatic carbocycles. The molecule has 28 heavy (non-hydrogen) atoms. The third-order valence-corrected chi connectivity index (χ3v) is 5.87. The number of hydrogen-bond acceptors (Lipinski definition) is 4. The number of halogens is 1. The molecule has 1 amide bonds. The Morgan fingerprint density at radius 3 is 2.54 bits per heavy atom. The highest BCUT2D eigenvalue weighted by molar-refractivity contribution is 9.10. The normalized spacial score (nSPS) is 10.8. The highest BCUT2D eigenvalue weighted by Crippen LogP contribution is 2.32. The van der Waals surface area contributed by atoms with Crippen molar-refractivity contribution in [2.75, 3.05) is 12.0 Å². The second kappa shape index (κ2) is 8.12. The molecule has 140 valence electrons. The lowest BCUT2D eigenvalue weighted by Crippen LogP contribution is -2.30. The van der Waals surface area contributed by atoms with Crippen molar-refractivity contribution in [1.82, 2.24) is 4.98 Å². The van der Waals surface area contributed by atoms with E-state index in [9.17, 15) is 4.79 Å². The van der Waals surface area contributed by atoms with Crippen LogP contribution in [0.5, 0.6) is 5.75 Å². The van der Waals surface area contributed by atoms with Gasteiger partial charge in [-0.05, 0) is 48.0 Å². The van der Waals surface area contributed by atoms with Gasteiger partial charge in [0.05, 0.1) is 23.9 Å². The summed E-state index contributed by atoms with van der Waals surface area (Å²) < 4.78 is 7.23. The van der Waals surface area contributed by atoms with Crippen LogP contribution in [-0.4, -0.2) is 18.0 Å². The molecule has 0 saturated carbocycles. The molecule has 1 heterocycles. The molecule has 0 spiro atoms. The van der Waals surface area contributed by atoms with Gasteiger partial charge in [0.15, 0.2) is 5.13 Å². The summed E-state index contributed by atoms with van der Waals surface area (Å²) in [6.45, 7) is 0.451. The van der Waals surface area contributed by atoms with Crippen LogP contribution in [0.15, 0.2) is 77.3 Å². The number of fused-ring (bicyclic) bond motifs is 1. The molecule has 4 aromatic rings. The smallest absolute Gasteiger partial charge is 0.260 e. The molecule has 6 heteroatoms. The third-order valence-electron chi connectivity index (χ3n) is 4.34. The Hall–Kier alpha value is -2.70. The van der Waals surface area contributed by atoms with Crippen LogP contribution in [0.3, 0.4) is 0 Å². The largest absolute Gasteiger partial charge is 0.497 e. The second-order valence-corrected chi connectivity index (χ2v) is 8.14. The van der Waals surface area contributed by atoms with Crippen molar-refractivity contribution >= 4 is 48.5 Å². The molecule has 1 aromatic heterocycles. The lowest BCUT2D eigenvalue weighted by Gasteiger charge is -2.20. The molecule has 0 saturated heterocycles. The van der Waals surface area contributed by atoms with Gasteiger partial charge in [-0.3, -0.25) is 9.69 Å². The number of thiazole rings is 1. The molecule has 0 N–H and O–H groups in total. The summed E-state index contributed by atoms with van der Waals surface area (Å²) in [5, 5.41) is 0.678. The third kappa shape index (κ3) is 3.93. The minimum atomic E-state index is -0.0929. The number of amides is 1. The summed E-state index contributed by atoms with van der Waals surface area (Å²) in [7, 11) is 1.61. The van der Waals surface area contributed by atoms with E-state index in [2.05, 4.69) is 15.9 Å². The van der Waals surface area contributed by atoms with Crippen molar-refractivity contribution in [2.45, 2.75) is 6.54 Å². The number of rotatable bonds is 5. The quantitative estimate of drug-likeness (QED) is 0.377. The summed E-state index contributed by atoms with van der Waals surface area (Å²) in [5.41, 5.74) is 2.52. The van der Waals surface area contributed by atoms with Crippen LogP contribution in [0.2, 0.25) is 0 Å². The number of methoxy groups -OCH3 is 1. The Labute approximate surface area is 175 Å². The average Bonchev–Trinajstić information content (AvgIpc) is 3.15. The van der Waals surface area contributed by atoms with Crippen molar-refractivity contribution in [3.8, 4) is 5.75 Å². The molecule has 0 aliphatic rings. The van der Waals surface area contributed by atoms with Gasteiger partial charge in [0.25, 0.3) is 5.91 Å². The van der Waals surface area contributed by atoms with Gasteiger partial charge < -0.3 is 4.74 Å². The van der Waals surface area contributed by atoms with Gasteiger partial charge in [0.1, 0.15) is 5.75 Å². The first kappa shape index (κ1) is 18.7. The van der Waals surface area contributed by atoms with E-state index in [0.29, 0.717) is 17.2 Å². The van der Waals surface area contributed by atoms with Crippen LogP contribution in [0.4, 0.5) is 5.13 Å². The van der Waals surface area contributed by atoms with Crippen LogP contribution >= 0.6 is 27.3 Å². The highest BCUT2D eigenvalue weighted by Gasteiger charge is 2.22. The fourth-order valence-corrected chi connectivity index (χ4v) is 4.40. The first-order chi connectivity index (χ1) is 13.6. The number of aromatic nitrogens is 1. The predicted molar refractivity (Wildman–Crippen MR) is 117 cm³/mol. The van der Waals surface area contributed by atoms with Crippen molar-refractivity contribution in [3.05, 3.63) is 88.4 Å². The predicted octanol–water partition coefficient (Wildman–Crippen LogP) is 5.91. The Morgan fingerprint density at radius 1 is 1.07 bits per heavy atom. The van der Waals surface area contributed by atoms with Gasteiger partial charge in [-0.1, -0.05) is 57.6 Å². The van der Waals surface area contributed by atoms with Crippen LogP contribution < -0.4 is 9.64 Å². The van der Waals surface area contributed by atoms with E-state index in [1.807, 2.05) is 48.5 Å². The Bertz CT molecular complexity index is 1110. The van der Waals surface area contributed by atoms with Gasteiger partial charge in [0, 0.05) is 10.0 Å². The van der Waals surface area contributed by atoms with E-state index < -0.39 is 0 Å². The lowest BCUT2D eigenvalue weighted by molar-refractivity contribution is 0.0985. The molecule has 0 bridgehead atoms. The van der Waals surface area contributed by atoms with E-state index in [1.54, 1.807) is 36.3 Å². The van der Waals surface area contributed by atoms with Gasteiger partial charge in [-0.2, -0.15) is 0 Å². The minimum Gasteiger partial charge on any atom is -0.497 e. The maximum atomic E-state index is 13.3. The zero-order valence-corrected chi connectivity index (χ0v) is 17.5. The zero-order valence-electron chi connectivity index (χ0n) is 15.1. The van der Waals surface area contributed by atoms with Crippen LogP contribution in [-0.2, 0) is 6.54 Å². The SMILES string of the molecule is COc1ccc(C(=O)N(Cc2ccccc2)c2nc3ccc(Br)cc3s2)cc1. The topological polar surface area (TPSA) is 42.4 Å². The maximum Gasteiger partial charge on any atom is 0.260 e. The van der Waals surface area contributed by atoms with Crippen LogP contribution in [0.1, 0.15) is 15.9 Å². The summed E-state index contributed by atoms with van der Waals surface area (Å²) in [6.07, 6.45) is 0. The summed E-state index contributed by atoms with van der Waals surface area (Å²) >= 11 is 5.01. The fourth-order valence-electron chi connectivity index (χ4n) is 2.88. The fraction of sp³-hybridized carbons (Fsp3) is 0.0909. The number of benzene rings is 3. The van der Waals surface area contributed by atoms with Gasteiger partial charge >= 0.3 is 0 Å². The summed E-state index contributed by atoms with van der Waals surface area (Å²) in [5.74, 6) is 0.626. The number of carbonyl (C=O) groups excluding carboxylic acids is 1. The molecule has 0 fully saturated rings. The van der Waals surface area contributed by atoms with Gasteiger partial charge in [-0.25, -0.2) is 4.98 Å². The van der Waals surface area contributed by atoms with Crippen molar-refractivity contribution < 1.29 is 9.53 Å². The van der Waals surface area contributed by atoms with E-state index in [1.165, 1.54) is 11.3 Å². The molecular weight excluding hydrogens is 436 g/mol. The number of hydrogen-bond donors (Lipinski definition) is 0. The molecule has 0 unspecified atom stereocenters. The van der Waals surface area contributed by atoms with Crippen LogP contribution in [0.25, 0.3) is 10.2 Å². The summed E-state index contributed by atoms with van der Waals surface area (Å²) in [6, 6.07) is 23.0. The molecule has 0 atom stereocenters. The standard InChI is InChI=1S/C22H17BrN2O2S/c1-27-18-10-7-16(8-11-18)21(26)25(14-15-5-3-2-4-6-15)22-24-19-12-9-17(23)13-20(19)28-22/h2-13H,14H2,1H3. The maximum absolute atomic E-state index is 13.3. The first-order valence-corrected chi connectivity index (χ1v) is 10.3. The Balaban J connectivity index is 1.74. The van der Waals surface area contributed by atoms with Gasteiger partial charge in [0.2, 0.25) is 0 Å². The molecule has 3 aromatic carbocycles. The lowest BCUT2D eigenvalue weighted by atomic mass is 10.1. The first-order valence-electron chi connectivity index (χ1n) is 8.70. The van der Waals surface area contributed by atoms with E-state index in [4.69, 9.17) is 9.72 Å². The van der Waals surface area contributed by atoms with E-state index in [0.717, 1.165) is 26.0 Å². The van der Waals surface area contributed by atoms with Crippen molar-refractivity contribution in [2.24, 2.45) is 0 Å². The van der Waals surface area contributed by atoms with E-state index in [-0.39, 0.29) is 5.91 Å². The summed E-state index contributed by atoms with van der Waals surface area (Å²) in [4.78, 5) is 19.8. The molecule has 0 radical (unpaired) electrons. The average molecular weight is 453 g/mol. The van der Waals surface area contributed by atoms with Crippen molar-refractivity contribution in [3.63, 3.8) is 0 Å². The number of ether oxygens (including phenoxy) is 1. The van der Waals surface area contributed by atoms with Crippen LogP contribution in [0, 0.1) is 0 Å². The Kier molecular flexibility index (Phi) is 5.41. The minimum absolute atomic E-state index is 0.0929. The zero-order chi connectivity index (χ0) is 19.5. The molecule has 4 rings (SSSR count). The van der Waals surface area contributed by atoms with E-state index >= 15 is 0 Å². The van der Waals surface area contributed by atoms with Gasteiger partial charge in [-0.15, -0.1) is 0 Å². The number of carbonyl (C=O) groups is 1.